The van der Waals surface area contributed by atoms with Gasteiger partial charge in [0, 0.05) is 5.41 Å². The molecule has 2 atom stereocenters. The van der Waals surface area contributed by atoms with Crippen LogP contribution >= 0.6 is 0 Å². The molecule has 1 saturated carbocycles. The third-order valence-electron chi connectivity index (χ3n) is 3.99. The summed E-state index contributed by atoms with van der Waals surface area (Å²) in [6.45, 7) is 12.9. The fourth-order valence-corrected chi connectivity index (χ4v) is 3.07. The Labute approximate surface area is 109 Å². The van der Waals surface area contributed by atoms with Crippen molar-refractivity contribution in [1.29, 1.82) is 0 Å². The summed E-state index contributed by atoms with van der Waals surface area (Å²) in [4.78, 5) is 4.55. The highest BCUT2D eigenvalue weighted by molar-refractivity contribution is 5.14. The van der Waals surface area contributed by atoms with Gasteiger partial charge in [0.1, 0.15) is 0 Å². The topological polar surface area (TPSA) is 64.9 Å². The average molecular weight is 251 g/mol. The summed E-state index contributed by atoms with van der Waals surface area (Å²) >= 11 is 0. The summed E-state index contributed by atoms with van der Waals surface area (Å²) in [6, 6.07) is 0. The highest BCUT2D eigenvalue weighted by Gasteiger charge is 2.50. The second kappa shape index (κ2) is 3.80. The Bertz CT molecular complexity index is 444. The van der Waals surface area contributed by atoms with Crippen LogP contribution in [-0.4, -0.2) is 10.1 Å². The fourth-order valence-electron chi connectivity index (χ4n) is 3.07. The Kier molecular flexibility index (Phi) is 2.85. The van der Waals surface area contributed by atoms with Crippen LogP contribution in [0.3, 0.4) is 0 Å². The van der Waals surface area contributed by atoms with Crippen molar-refractivity contribution in [3.63, 3.8) is 0 Å². The molecule has 18 heavy (non-hydrogen) atoms. The Balaban J connectivity index is 2.34. The summed E-state index contributed by atoms with van der Waals surface area (Å²) in [5.74, 6) is 1.71. The molecule has 0 spiro atoms. The van der Waals surface area contributed by atoms with Crippen LogP contribution < -0.4 is 5.73 Å². The van der Waals surface area contributed by atoms with Gasteiger partial charge >= 0.3 is 0 Å². The second-order valence-electron chi connectivity index (χ2n) is 7.66. The van der Waals surface area contributed by atoms with Gasteiger partial charge in [-0.25, -0.2) is 0 Å². The number of nitrogens with two attached hydrogens (primary N) is 1. The molecule has 1 aromatic rings. The maximum atomic E-state index is 6.57. The van der Waals surface area contributed by atoms with Crippen molar-refractivity contribution in [3.05, 3.63) is 11.7 Å². The molecule has 1 aliphatic carbocycles. The minimum atomic E-state index is -0.448. The van der Waals surface area contributed by atoms with Crippen LogP contribution in [0, 0.1) is 11.3 Å². The van der Waals surface area contributed by atoms with Gasteiger partial charge in [0.15, 0.2) is 5.82 Å². The lowest BCUT2D eigenvalue weighted by molar-refractivity contribution is 0.284. The van der Waals surface area contributed by atoms with E-state index in [1.807, 2.05) is 0 Å². The van der Waals surface area contributed by atoms with Crippen LogP contribution in [0.15, 0.2) is 4.52 Å². The third-order valence-corrected chi connectivity index (χ3v) is 3.99. The molecular formula is C14H25N3O. The Morgan fingerprint density at radius 1 is 1.33 bits per heavy atom. The zero-order valence-electron chi connectivity index (χ0n) is 12.4. The number of rotatable bonds is 1. The summed E-state index contributed by atoms with van der Waals surface area (Å²) in [7, 11) is 0. The minimum absolute atomic E-state index is 0.126. The van der Waals surface area contributed by atoms with Crippen LogP contribution in [0.4, 0.5) is 0 Å². The molecule has 0 saturated heterocycles. The molecule has 0 amide bonds. The first-order chi connectivity index (χ1) is 8.05. The van der Waals surface area contributed by atoms with E-state index >= 15 is 0 Å². The van der Waals surface area contributed by atoms with Gasteiger partial charge < -0.3 is 10.3 Å². The molecule has 0 aromatic carbocycles. The van der Waals surface area contributed by atoms with Gasteiger partial charge in [-0.1, -0.05) is 46.7 Å². The molecule has 1 aliphatic rings. The molecule has 1 aromatic heterocycles. The van der Waals surface area contributed by atoms with Gasteiger partial charge in [0.25, 0.3) is 0 Å². The Morgan fingerprint density at radius 2 is 1.94 bits per heavy atom. The lowest BCUT2D eigenvalue weighted by Crippen LogP contribution is -2.41. The van der Waals surface area contributed by atoms with Crippen LogP contribution in [0.1, 0.15) is 66.1 Å². The molecule has 2 N–H and O–H groups in total. The van der Waals surface area contributed by atoms with Gasteiger partial charge in [-0.3, -0.25) is 0 Å². The molecule has 4 heteroatoms. The van der Waals surface area contributed by atoms with Crippen molar-refractivity contribution in [2.45, 2.75) is 65.3 Å². The lowest BCUT2D eigenvalue weighted by Gasteiger charge is -2.26. The van der Waals surface area contributed by atoms with Gasteiger partial charge in [0.2, 0.25) is 5.89 Å². The van der Waals surface area contributed by atoms with Crippen molar-refractivity contribution >= 4 is 0 Å². The van der Waals surface area contributed by atoms with E-state index < -0.39 is 5.54 Å². The standard InChI is InChI=1S/C14H25N3O/c1-9-7-13(5,6)8-14(9,15)10-16-11(18-17-10)12(2,3)4/h9H,7-8,15H2,1-6H3. The Morgan fingerprint density at radius 3 is 2.33 bits per heavy atom. The van der Waals surface area contributed by atoms with Gasteiger partial charge in [-0.05, 0) is 24.2 Å². The van der Waals surface area contributed by atoms with Crippen molar-refractivity contribution in [2.24, 2.45) is 17.1 Å². The first-order valence-corrected chi connectivity index (χ1v) is 6.68. The second-order valence-corrected chi connectivity index (χ2v) is 7.66. The number of nitrogens with zero attached hydrogens (tertiary/aromatic N) is 2. The molecule has 4 nitrogen and oxygen atoms in total. The number of aromatic nitrogens is 2. The zero-order chi connectivity index (χ0) is 13.8. The van der Waals surface area contributed by atoms with Crippen LogP contribution in [0.2, 0.25) is 0 Å². The van der Waals surface area contributed by atoms with Crippen LogP contribution in [-0.2, 0) is 11.0 Å². The number of hydrogen-bond acceptors (Lipinski definition) is 4. The predicted molar refractivity (Wildman–Crippen MR) is 71.0 cm³/mol. The molecule has 0 aliphatic heterocycles. The molecule has 1 heterocycles. The first-order valence-electron chi connectivity index (χ1n) is 6.68. The van der Waals surface area contributed by atoms with Crippen molar-refractivity contribution in [3.8, 4) is 0 Å². The molecule has 1 fully saturated rings. The monoisotopic (exact) mass is 251 g/mol. The maximum Gasteiger partial charge on any atom is 0.232 e. The highest BCUT2D eigenvalue weighted by Crippen LogP contribution is 2.50. The van der Waals surface area contributed by atoms with E-state index in [9.17, 15) is 0 Å². The molecule has 0 bridgehead atoms. The molecule has 102 valence electrons. The number of hydrogen-bond donors (Lipinski definition) is 1. The molecular weight excluding hydrogens is 226 g/mol. The summed E-state index contributed by atoms with van der Waals surface area (Å²) in [5, 5.41) is 4.14. The van der Waals surface area contributed by atoms with E-state index in [4.69, 9.17) is 10.3 Å². The van der Waals surface area contributed by atoms with Crippen LogP contribution in [0.25, 0.3) is 0 Å². The molecule has 2 rings (SSSR count). The summed E-state index contributed by atoms with van der Waals surface area (Å²) < 4.78 is 5.38. The van der Waals surface area contributed by atoms with Crippen molar-refractivity contribution in [2.75, 3.05) is 0 Å². The fraction of sp³-hybridized carbons (Fsp3) is 0.857. The maximum absolute atomic E-state index is 6.57. The zero-order valence-corrected chi connectivity index (χ0v) is 12.4. The van der Waals surface area contributed by atoms with Crippen molar-refractivity contribution in [1.82, 2.24) is 10.1 Å². The normalized spacial score (nSPS) is 31.8. The minimum Gasteiger partial charge on any atom is -0.339 e. The first kappa shape index (κ1) is 13.5. The largest absolute Gasteiger partial charge is 0.339 e. The van der Waals surface area contributed by atoms with E-state index in [1.165, 1.54) is 0 Å². The smallest absolute Gasteiger partial charge is 0.232 e. The van der Waals surface area contributed by atoms with Crippen LogP contribution in [0.5, 0.6) is 0 Å². The molecule has 0 radical (unpaired) electrons. The molecule has 2 unspecified atom stereocenters. The SMILES string of the molecule is CC1CC(C)(C)CC1(N)c1noc(C(C)(C)C)n1. The van der Waals surface area contributed by atoms with Crippen molar-refractivity contribution < 1.29 is 4.52 Å². The van der Waals surface area contributed by atoms with E-state index in [2.05, 4.69) is 51.7 Å². The van der Waals surface area contributed by atoms with Gasteiger partial charge in [-0.2, -0.15) is 4.98 Å². The van der Waals surface area contributed by atoms with Gasteiger partial charge in [0.05, 0.1) is 5.54 Å². The van der Waals surface area contributed by atoms with E-state index in [0.717, 1.165) is 12.8 Å². The van der Waals surface area contributed by atoms with Gasteiger partial charge in [-0.15, -0.1) is 0 Å². The third kappa shape index (κ3) is 2.18. The predicted octanol–water partition coefficient (Wildman–Crippen LogP) is 2.98. The highest BCUT2D eigenvalue weighted by atomic mass is 16.5. The summed E-state index contributed by atoms with van der Waals surface area (Å²) in [6.07, 6.45) is 2.01. The average Bonchev–Trinajstić information content (AvgIpc) is 2.69. The van der Waals surface area contributed by atoms with E-state index in [-0.39, 0.29) is 10.8 Å². The van der Waals surface area contributed by atoms with E-state index in [1.54, 1.807) is 0 Å². The lowest BCUT2D eigenvalue weighted by atomic mass is 9.86. The summed E-state index contributed by atoms with van der Waals surface area (Å²) in [5.41, 5.74) is 6.24. The van der Waals surface area contributed by atoms with E-state index in [0.29, 0.717) is 17.6 Å². The Hall–Kier alpha value is -0.900. The quantitative estimate of drug-likeness (QED) is 0.833.